The van der Waals surface area contributed by atoms with Gasteiger partial charge >= 0.3 is 58.4 Å². The van der Waals surface area contributed by atoms with Gasteiger partial charge in [-0.3, -0.25) is 0 Å². The summed E-state index contributed by atoms with van der Waals surface area (Å²) in [5.41, 5.74) is -1.98. The van der Waals surface area contributed by atoms with E-state index in [2.05, 4.69) is 0 Å². The van der Waals surface area contributed by atoms with Crippen LogP contribution >= 0.6 is 0 Å². The van der Waals surface area contributed by atoms with Gasteiger partial charge in [0.2, 0.25) is 0 Å². The van der Waals surface area contributed by atoms with Gasteiger partial charge in [0.25, 0.3) is 0 Å². The topological polar surface area (TPSA) is 9.23 Å². The van der Waals surface area contributed by atoms with E-state index < -0.39 is 23.7 Å². The molecule has 0 saturated heterocycles. The number of rotatable bonds is 1. The van der Waals surface area contributed by atoms with E-state index in [-0.39, 0.29) is 57.8 Å². The van der Waals surface area contributed by atoms with Crippen molar-refractivity contribution in [3.05, 3.63) is 11.5 Å². The molecule has 0 aromatic carbocycles. The number of hydrogen-bond acceptors (Lipinski definition) is 1. The van der Waals surface area contributed by atoms with Crippen LogP contribution in [0.1, 0.15) is 34.1 Å². The first-order chi connectivity index (χ1) is 6.02. The molecule has 1 nitrogen and oxygen atoms in total. The minimum Gasteiger partial charge on any atom is -0.445 e. The van der Waals surface area contributed by atoms with E-state index in [1.165, 1.54) is 6.08 Å². The summed E-state index contributed by atoms with van der Waals surface area (Å²) in [6.07, 6.45) is 1.14. The molecule has 0 unspecified atom stereocenters. The molecule has 15 heavy (non-hydrogen) atoms. The summed E-state index contributed by atoms with van der Waals surface area (Å²) >= 11 is 0. The second-order valence-electron chi connectivity index (χ2n) is 4.94. The average Bonchev–Trinajstić information content (AvgIpc) is 1.76. The summed E-state index contributed by atoms with van der Waals surface area (Å²) in [4.78, 5) is 0. The van der Waals surface area contributed by atoms with Gasteiger partial charge in [-0.2, -0.15) is 0 Å². The molecule has 1 aliphatic rings. The van der Waals surface area contributed by atoms with Crippen LogP contribution < -0.4 is 51.4 Å². The normalized spacial score (nSPS) is 24.1. The van der Waals surface area contributed by atoms with E-state index in [0.717, 1.165) is 0 Å². The fourth-order valence-electron chi connectivity index (χ4n) is 1.98. The zero-order valence-corrected chi connectivity index (χ0v) is 13.0. The molecule has 0 fully saturated rings. The summed E-state index contributed by atoms with van der Waals surface area (Å²) in [5, 5.41) is 0. The van der Waals surface area contributed by atoms with Crippen molar-refractivity contribution in [1.29, 1.82) is 0 Å². The number of halogens is 3. The fourth-order valence-corrected chi connectivity index (χ4v) is 1.98. The van der Waals surface area contributed by atoms with Gasteiger partial charge in [-0.05, 0) is 34.1 Å². The van der Waals surface area contributed by atoms with Gasteiger partial charge in [-0.1, -0.05) is 6.08 Å². The van der Waals surface area contributed by atoms with Crippen LogP contribution in [0.15, 0.2) is 11.5 Å². The van der Waals surface area contributed by atoms with Gasteiger partial charge in [0.1, 0.15) is 0 Å². The van der Waals surface area contributed by atoms with E-state index in [9.17, 15) is 12.9 Å². The van der Waals surface area contributed by atoms with Crippen LogP contribution in [-0.2, 0) is 4.74 Å². The molecular formula is C9H15BF3KO. The second kappa shape index (κ2) is 4.82. The third kappa shape index (κ3) is 4.91. The minimum absolute atomic E-state index is 0. The molecule has 0 spiro atoms. The van der Waals surface area contributed by atoms with Crippen LogP contribution in [0.4, 0.5) is 12.9 Å². The van der Waals surface area contributed by atoms with Gasteiger partial charge in [0, 0.05) is 0 Å². The van der Waals surface area contributed by atoms with Crippen molar-refractivity contribution >= 4 is 6.98 Å². The van der Waals surface area contributed by atoms with Crippen LogP contribution in [-0.4, -0.2) is 18.2 Å². The smallest absolute Gasteiger partial charge is 0.445 e. The van der Waals surface area contributed by atoms with Gasteiger partial charge < -0.3 is 17.7 Å². The van der Waals surface area contributed by atoms with Crippen molar-refractivity contribution in [2.75, 3.05) is 0 Å². The first kappa shape index (κ1) is 16.2. The quantitative estimate of drug-likeness (QED) is 0.604. The molecule has 1 heterocycles. The van der Waals surface area contributed by atoms with Gasteiger partial charge in [-0.25, -0.2) is 0 Å². The zero-order valence-electron chi connectivity index (χ0n) is 9.90. The van der Waals surface area contributed by atoms with Crippen molar-refractivity contribution < 1.29 is 69.1 Å². The van der Waals surface area contributed by atoms with Crippen molar-refractivity contribution in [2.45, 2.75) is 45.3 Å². The molecule has 0 N–H and O–H groups in total. The van der Waals surface area contributed by atoms with Gasteiger partial charge in [0.05, 0.1) is 11.2 Å². The SMILES string of the molecule is CC1(C)C=C([B-](F)(F)F)CC(C)(C)O1.[K+]. The standard InChI is InChI=1S/C9H15BF3O.K/c1-8(2)5-7(10(11,12)13)6-9(3,4)14-8;/h5H,6H2,1-4H3;/q-1;+1. The van der Waals surface area contributed by atoms with E-state index >= 15 is 0 Å². The summed E-state index contributed by atoms with van der Waals surface area (Å²) in [5.74, 6) is 0. The number of hydrogen-bond donors (Lipinski definition) is 0. The van der Waals surface area contributed by atoms with Crippen LogP contribution in [0, 0.1) is 0 Å². The largest absolute Gasteiger partial charge is 1.00 e. The van der Waals surface area contributed by atoms with Crippen molar-refractivity contribution in [3.8, 4) is 0 Å². The minimum atomic E-state index is -4.87. The second-order valence-corrected chi connectivity index (χ2v) is 4.94. The maximum atomic E-state index is 12.6. The molecule has 6 heteroatoms. The predicted octanol–water partition coefficient (Wildman–Crippen LogP) is 0.281. The monoisotopic (exact) mass is 246 g/mol. The third-order valence-corrected chi connectivity index (χ3v) is 2.12. The molecule has 0 aromatic rings. The predicted molar refractivity (Wildman–Crippen MR) is 51.0 cm³/mol. The molecule has 1 aliphatic heterocycles. The molecular weight excluding hydrogens is 231 g/mol. The Hall–Kier alpha value is 1.19. The molecule has 0 aliphatic carbocycles. The van der Waals surface area contributed by atoms with Crippen LogP contribution in [0.3, 0.4) is 0 Å². The molecule has 0 atom stereocenters. The first-order valence-electron chi connectivity index (χ1n) is 4.64. The van der Waals surface area contributed by atoms with Crippen LogP contribution in [0.5, 0.6) is 0 Å². The molecule has 0 saturated carbocycles. The first-order valence-corrected chi connectivity index (χ1v) is 4.64. The number of ether oxygens (including phenoxy) is 1. The summed E-state index contributed by atoms with van der Waals surface area (Å²) < 4.78 is 43.2. The third-order valence-electron chi connectivity index (χ3n) is 2.12. The van der Waals surface area contributed by atoms with E-state index in [1.807, 2.05) is 0 Å². The van der Waals surface area contributed by atoms with Crippen LogP contribution in [0.25, 0.3) is 0 Å². The Morgan fingerprint density at radius 1 is 1.20 bits per heavy atom. The summed E-state index contributed by atoms with van der Waals surface area (Å²) in [7, 11) is 0. The molecule has 0 aromatic heterocycles. The van der Waals surface area contributed by atoms with Crippen LogP contribution in [0.2, 0.25) is 0 Å². The maximum Gasteiger partial charge on any atom is 1.00 e. The Labute approximate surface area is 131 Å². The van der Waals surface area contributed by atoms with Crippen molar-refractivity contribution in [2.24, 2.45) is 0 Å². The zero-order chi connectivity index (χ0) is 11.2. The molecule has 0 bridgehead atoms. The molecule has 0 radical (unpaired) electrons. The maximum absolute atomic E-state index is 12.6. The van der Waals surface area contributed by atoms with Gasteiger partial charge in [-0.15, -0.1) is 5.47 Å². The fraction of sp³-hybridized carbons (Fsp3) is 0.778. The van der Waals surface area contributed by atoms with E-state index in [1.54, 1.807) is 27.7 Å². The van der Waals surface area contributed by atoms with Crippen molar-refractivity contribution in [1.82, 2.24) is 0 Å². The Balaban J connectivity index is 0.00000196. The summed E-state index contributed by atoms with van der Waals surface area (Å²) in [6.45, 7) is 1.79. The van der Waals surface area contributed by atoms with E-state index in [4.69, 9.17) is 4.74 Å². The van der Waals surface area contributed by atoms with Crippen molar-refractivity contribution in [3.63, 3.8) is 0 Å². The van der Waals surface area contributed by atoms with E-state index in [0.29, 0.717) is 0 Å². The Morgan fingerprint density at radius 2 is 1.67 bits per heavy atom. The Kier molecular flexibility index (Phi) is 5.20. The summed E-state index contributed by atoms with van der Waals surface area (Å²) in [6, 6.07) is 0. The molecule has 82 valence electrons. The average molecular weight is 246 g/mol. The Morgan fingerprint density at radius 3 is 2.00 bits per heavy atom. The van der Waals surface area contributed by atoms with Gasteiger partial charge in [0.15, 0.2) is 0 Å². The molecule has 0 amide bonds. The Bertz CT molecular complexity index is 271. The molecule has 1 rings (SSSR count).